The molecule has 0 radical (unpaired) electrons. The highest BCUT2D eigenvalue weighted by Gasteiger charge is 2.17. The minimum absolute atomic E-state index is 0.107. The Morgan fingerprint density at radius 3 is 2.50 bits per heavy atom. The Hall–Kier alpha value is -1.34. The van der Waals surface area contributed by atoms with Crippen molar-refractivity contribution in [3.63, 3.8) is 0 Å². The highest BCUT2D eigenvalue weighted by Crippen LogP contribution is 2.22. The standard InChI is InChI=1S/C15H19N/c1-3-15(2,16)11-13-9-6-8-12-7-4-5-10-14(12)13/h4-10H,3,11,16H2,1-2H3. The van der Waals surface area contributed by atoms with Crippen molar-refractivity contribution in [1.29, 1.82) is 0 Å². The van der Waals surface area contributed by atoms with E-state index < -0.39 is 0 Å². The summed E-state index contributed by atoms with van der Waals surface area (Å²) in [5.74, 6) is 0. The fourth-order valence-electron chi connectivity index (χ4n) is 2.01. The first-order valence-corrected chi connectivity index (χ1v) is 5.88. The lowest BCUT2D eigenvalue weighted by molar-refractivity contribution is 0.451. The number of fused-ring (bicyclic) bond motifs is 1. The quantitative estimate of drug-likeness (QED) is 0.829. The van der Waals surface area contributed by atoms with Crippen molar-refractivity contribution in [3.05, 3.63) is 48.0 Å². The number of hydrogen-bond acceptors (Lipinski definition) is 1. The monoisotopic (exact) mass is 213 g/mol. The topological polar surface area (TPSA) is 26.0 Å². The molecule has 0 bridgehead atoms. The number of benzene rings is 2. The maximum Gasteiger partial charge on any atom is 0.0164 e. The molecule has 0 aliphatic carbocycles. The lowest BCUT2D eigenvalue weighted by Gasteiger charge is -2.23. The van der Waals surface area contributed by atoms with E-state index in [-0.39, 0.29) is 5.54 Å². The third-order valence-corrected chi connectivity index (χ3v) is 3.28. The second-order valence-corrected chi connectivity index (χ2v) is 4.82. The Morgan fingerprint density at radius 2 is 1.75 bits per heavy atom. The normalized spacial score (nSPS) is 14.9. The molecular formula is C15H19N. The molecule has 0 heterocycles. The molecule has 1 unspecified atom stereocenters. The molecule has 2 N–H and O–H groups in total. The van der Waals surface area contributed by atoms with Gasteiger partial charge in [0.15, 0.2) is 0 Å². The lowest BCUT2D eigenvalue weighted by Crippen LogP contribution is -2.37. The van der Waals surface area contributed by atoms with Gasteiger partial charge in [-0.3, -0.25) is 0 Å². The molecule has 0 aliphatic heterocycles. The predicted molar refractivity (Wildman–Crippen MR) is 70.5 cm³/mol. The Bertz CT molecular complexity index is 480. The fraction of sp³-hybridized carbons (Fsp3) is 0.333. The summed E-state index contributed by atoms with van der Waals surface area (Å²) in [4.78, 5) is 0. The van der Waals surface area contributed by atoms with Crippen molar-refractivity contribution in [1.82, 2.24) is 0 Å². The van der Waals surface area contributed by atoms with Gasteiger partial charge < -0.3 is 5.73 Å². The van der Waals surface area contributed by atoms with Gasteiger partial charge in [0.05, 0.1) is 0 Å². The molecule has 84 valence electrons. The van der Waals surface area contributed by atoms with Gasteiger partial charge in [0.25, 0.3) is 0 Å². The van der Waals surface area contributed by atoms with Crippen molar-refractivity contribution in [2.45, 2.75) is 32.2 Å². The minimum atomic E-state index is -0.107. The molecule has 2 rings (SSSR count). The van der Waals surface area contributed by atoms with Gasteiger partial charge in [-0.2, -0.15) is 0 Å². The lowest BCUT2D eigenvalue weighted by atomic mass is 9.89. The third-order valence-electron chi connectivity index (χ3n) is 3.28. The van der Waals surface area contributed by atoms with Gasteiger partial charge >= 0.3 is 0 Å². The first kappa shape index (κ1) is 11.2. The van der Waals surface area contributed by atoms with Crippen molar-refractivity contribution in [2.24, 2.45) is 5.73 Å². The minimum Gasteiger partial charge on any atom is -0.325 e. The average molecular weight is 213 g/mol. The molecular weight excluding hydrogens is 194 g/mol. The molecule has 2 aromatic rings. The molecule has 0 fully saturated rings. The Balaban J connectivity index is 2.45. The highest BCUT2D eigenvalue weighted by atomic mass is 14.7. The van der Waals surface area contributed by atoms with E-state index in [9.17, 15) is 0 Å². The van der Waals surface area contributed by atoms with Crippen LogP contribution in [-0.4, -0.2) is 5.54 Å². The SMILES string of the molecule is CCC(C)(N)Cc1cccc2ccccc12. The first-order chi connectivity index (χ1) is 7.62. The van der Waals surface area contributed by atoms with Crippen LogP contribution in [-0.2, 0) is 6.42 Å². The van der Waals surface area contributed by atoms with Crippen LogP contribution >= 0.6 is 0 Å². The van der Waals surface area contributed by atoms with Crippen molar-refractivity contribution in [3.8, 4) is 0 Å². The van der Waals surface area contributed by atoms with Crippen molar-refractivity contribution < 1.29 is 0 Å². The number of nitrogens with two attached hydrogens (primary N) is 1. The third kappa shape index (κ3) is 2.25. The van der Waals surface area contributed by atoms with Gasteiger partial charge in [0.1, 0.15) is 0 Å². The van der Waals surface area contributed by atoms with E-state index in [1.807, 2.05) is 0 Å². The van der Waals surface area contributed by atoms with E-state index in [0.29, 0.717) is 0 Å². The zero-order valence-electron chi connectivity index (χ0n) is 10.0. The van der Waals surface area contributed by atoms with Gasteiger partial charge in [-0.15, -0.1) is 0 Å². The second-order valence-electron chi connectivity index (χ2n) is 4.82. The van der Waals surface area contributed by atoms with Crippen LogP contribution in [0.3, 0.4) is 0 Å². The van der Waals surface area contributed by atoms with Crippen LogP contribution in [0, 0.1) is 0 Å². The second kappa shape index (κ2) is 4.26. The van der Waals surface area contributed by atoms with Crippen LogP contribution in [0.1, 0.15) is 25.8 Å². The molecule has 0 spiro atoms. The molecule has 0 aliphatic rings. The highest BCUT2D eigenvalue weighted by molar-refractivity contribution is 5.85. The van der Waals surface area contributed by atoms with Gasteiger partial charge in [0, 0.05) is 5.54 Å². The molecule has 1 atom stereocenters. The smallest absolute Gasteiger partial charge is 0.0164 e. The number of hydrogen-bond donors (Lipinski definition) is 1. The first-order valence-electron chi connectivity index (χ1n) is 5.88. The molecule has 0 saturated carbocycles. The van der Waals surface area contributed by atoms with Crippen LogP contribution in [0.2, 0.25) is 0 Å². The Kier molecular flexibility index (Phi) is 2.97. The summed E-state index contributed by atoms with van der Waals surface area (Å²) in [6.45, 7) is 4.26. The Morgan fingerprint density at radius 1 is 1.06 bits per heavy atom. The predicted octanol–water partition coefficient (Wildman–Crippen LogP) is 3.51. The molecule has 16 heavy (non-hydrogen) atoms. The maximum atomic E-state index is 6.24. The van der Waals surface area contributed by atoms with E-state index in [1.54, 1.807) is 0 Å². The molecule has 1 nitrogen and oxygen atoms in total. The summed E-state index contributed by atoms with van der Waals surface area (Å²) in [6.07, 6.45) is 1.93. The zero-order valence-corrected chi connectivity index (χ0v) is 10.0. The van der Waals surface area contributed by atoms with E-state index in [0.717, 1.165) is 12.8 Å². The van der Waals surface area contributed by atoms with Crippen LogP contribution in [0.25, 0.3) is 10.8 Å². The van der Waals surface area contributed by atoms with Crippen LogP contribution < -0.4 is 5.73 Å². The van der Waals surface area contributed by atoms with Crippen LogP contribution in [0.5, 0.6) is 0 Å². The molecule has 2 aromatic carbocycles. The molecule has 0 amide bonds. The van der Waals surface area contributed by atoms with Gasteiger partial charge in [-0.25, -0.2) is 0 Å². The van der Waals surface area contributed by atoms with Gasteiger partial charge in [-0.1, -0.05) is 49.4 Å². The van der Waals surface area contributed by atoms with Crippen molar-refractivity contribution >= 4 is 10.8 Å². The van der Waals surface area contributed by atoms with E-state index >= 15 is 0 Å². The van der Waals surface area contributed by atoms with Gasteiger partial charge in [0.2, 0.25) is 0 Å². The van der Waals surface area contributed by atoms with E-state index in [4.69, 9.17) is 5.73 Å². The maximum absolute atomic E-state index is 6.24. The number of rotatable bonds is 3. The molecule has 0 saturated heterocycles. The van der Waals surface area contributed by atoms with Crippen LogP contribution in [0.4, 0.5) is 0 Å². The summed E-state index contributed by atoms with van der Waals surface area (Å²) in [5, 5.41) is 2.63. The van der Waals surface area contributed by atoms with Gasteiger partial charge in [-0.05, 0) is 36.1 Å². The summed E-state index contributed by atoms with van der Waals surface area (Å²) in [7, 11) is 0. The van der Waals surface area contributed by atoms with Crippen molar-refractivity contribution in [2.75, 3.05) is 0 Å². The summed E-state index contributed by atoms with van der Waals surface area (Å²) in [6, 6.07) is 14.9. The summed E-state index contributed by atoms with van der Waals surface area (Å²) in [5.41, 5.74) is 7.48. The summed E-state index contributed by atoms with van der Waals surface area (Å²) >= 11 is 0. The van der Waals surface area contributed by atoms with Crippen LogP contribution in [0.15, 0.2) is 42.5 Å². The molecule has 1 heteroatoms. The fourth-order valence-corrected chi connectivity index (χ4v) is 2.01. The summed E-state index contributed by atoms with van der Waals surface area (Å²) < 4.78 is 0. The van der Waals surface area contributed by atoms with E-state index in [2.05, 4.69) is 56.3 Å². The Labute approximate surface area is 97.3 Å². The average Bonchev–Trinajstić information content (AvgIpc) is 2.29. The molecule has 0 aromatic heterocycles. The largest absolute Gasteiger partial charge is 0.325 e. The van der Waals surface area contributed by atoms with E-state index in [1.165, 1.54) is 16.3 Å². The zero-order chi connectivity index (χ0) is 11.6.